The van der Waals surface area contributed by atoms with Gasteiger partial charge < -0.3 is 5.32 Å². The first-order valence-electron chi connectivity index (χ1n) is 6.98. The Kier molecular flexibility index (Phi) is 4.81. The molecule has 4 nitrogen and oxygen atoms in total. The largest absolute Gasteiger partial charge is 0.352 e. The summed E-state index contributed by atoms with van der Waals surface area (Å²) in [6, 6.07) is 5.19. The Labute approximate surface area is 141 Å². The Morgan fingerprint density at radius 1 is 1.32 bits per heavy atom. The monoisotopic (exact) mass is 363 g/mol. The molecule has 1 aromatic carbocycles. The lowest BCUT2D eigenvalue weighted by Crippen LogP contribution is -2.39. The highest BCUT2D eigenvalue weighted by Gasteiger charge is 2.41. The van der Waals surface area contributed by atoms with E-state index in [-0.39, 0.29) is 12.0 Å². The van der Waals surface area contributed by atoms with Crippen molar-refractivity contribution in [3.8, 4) is 0 Å². The van der Waals surface area contributed by atoms with Gasteiger partial charge >= 0.3 is 0 Å². The van der Waals surface area contributed by atoms with E-state index in [1.807, 2.05) is 6.07 Å². The molecule has 0 aliphatic heterocycles. The molecule has 122 valence electrons. The first-order chi connectivity index (χ1) is 10.0. The van der Waals surface area contributed by atoms with Crippen molar-refractivity contribution in [3.05, 3.63) is 33.8 Å². The van der Waals surface area contributed by atoms with E-state index >= 15 is 0 Å². The molecule has 2 rings (SSSR count). The highest BCUT2D eigenvalue weighted by molar-refractivity contribution is 7.93. The number of carbonyl (C=O) groups excluding carboxylic acids is 1. The van der Waals surface area contributed by atoms with Gasteiger partial charge in [-0.15, -0.1) is 0 Å². The lowest BCUT2D eigenvalue weighted by molar-refractivity contribution is -0.118. The molecule has 0 heterocycles. The van der Waals surface area contributed by atoms with Gasteiger partial charge in [-0.2, -0.15) is 0 Å². The topological polar surface area (TPSA) is 63.2 Å². The van der Waals surface area contributed by atoms with E-state index in [1.165, 1.54) is 0 Å². The van der Waals surface area contributed by atoms with Gasteiger partial charge in [0.25, 0.3) is 0 Å². The number of benzene rings is 1. The van der Waals surface area contributed by atoms with Crippen molar-refractivity contribution in [2.45, 2.75) is 43.9 Å². The van der Waals surface area contributed by atoms with Crippen LogP contribution in [0.4, 0.5) is 0 Å². The van der Waals surface area contributed by atoms with Crippen LogP contribution >= 0.6 is 23.2 Å². The fourth-order valence-corrected chi connectivity index (χ4v) is 3.55. The molecule has 2 atom stereocenters. The molecule has 0 spiro atoms. The zero-order chi connectivity index (χ0) is 16.7. The van der Waals surface area contributed by atoms with Crippen molar-refractivity contribution in [1.29, 1.82) is 0 Å². The normalized spacial score (nSPS) is 21.5. The summed E-state index contributed by atoms with van der Waals surface area (Å²) in [5.74, 6) is -0.841. The molecule has 1 aliphatic carbocycles. The van der Waals surface area contributed by atoms with Crippen molar-refractivity contribution in [2.24, 2.45) is 0 Å². The second-order valence-electron chi connectivity index (χ2n) is 6.55. The molecule has 0 aromatic heterocycles. The summed E-state index contributed by atoms with van der Waals surface area (Å²) in [4.78, 5) is 11.9. The minimum absolute atomic E-state index is 0.0682. The van der Waals surface area contributed by atoms with E-state index in [1.54, 1.807) is 32.9 Å². The molecule has 1 aliphatic rings. The minimum atomic E-state index is -3.47. The molecule has 0 bridgehead atoms. The molecule has 1 saturated carbocycles. The second-order valence-corrected chi connectivity index (χ2v) is 10.1. The van der Waals surface area contributed by atoms with Gasteiger partial charge in [-0.3, -0.25) is 4.79 Å². The van der Waals surface area contributed by atoms with Crippen LogP contribution in [0.3, 0.4) is 0 Å². The van der Waals surface area contributed by atoms with Gasteiger partial charge in [-0.1, -0.05) is 29.3 Å². The first-order valence-corrected chi connectivity index (χ1v) is 9.39. The fourth-order valence-electron chi connectivity index (χ4n) is 2.14. The minimum Gasteiger partial charge on any atom is -0.352 e. The molecule has 0 radical (unpaired) electrons. The van der Waals surface area contributed by atoms with Gasteiger partial charge in [0.2, 0.25) is 5.91 Å². The number of hydrogen-bond acceptors (Lipinski definition) is 3. The quantitative estimate of drug-likeness (QED) is 0.893. The number of sulfone groups is 1. The predicted octanol–water partition coefficient (Wildman–Crippen LogP) is 3.18. The zero-order valence-electron chi connectivity index (χ0n) is 12.7. The van der Waals surface area contributed by atoms with E-state index in [0.29, 0.717) is 10.0 Å². The van der Waals surface area contributed by atoms with Crippen molar-refractivity contribution in [1.82, 2.24) is 5.32 Å². The Morgan fingerprint density at radius 3 is 2.50 bits per heavy atom. The third kappa shape index (κ3) is 3.94. The van der Waals surface area contributed by atoms with Crippen molar-refractivity contribution >= 4 is 38.9 Å². The van der Waals surface area contributed by atoms with E-state index in [9.17, 15) is 13.2 Å². The first kappa shape index (κ1) is 17.6. The molecule has 22 heavy (non-hydrogen) atoms. The van der Waals surface area contributed by atoms with Crippen LogP contribution < -0.4 is 5.32 Å². The number of amides is 1. The Hall–Kier alpha value is -0.780. The lowest BCUT2D eigenvalue weighted by Gasteiger charge is -2.18. The summed E-state index contributed by atoms with van der Waals surface area (Å²) in [6.07, 6.45) is 0.753. The molecule has 1 fully saturated rings. The summed E-state index contributed by atoms with van der Waals surface area (Å²) >= 11 is 12.0. The van der Waals surface area contributed by atoms with Crippen LogP contribution in [0.5, 0.6) is 0 Å². The molecular weight excluding hydrogens is 345 g/mol. The highest BCUT2D eigenvalue weighted by atomic mass is 35.5. The summed E-state index contributed by atoms with van der Waals surface area (Å²) in [7, 11) is -3.47. The standard InChI is InChI=1S/C15H19Cl2NO3S/c1-15(2,3)22(20,21)8-14(19)18-13-7-11(13)10-5-4-9(16)6-12(10)17/h4-6,11,13H,7-8H2,1-3H3,(H,18,19)/t11-,13+/m0/s1. The summed E-state index contributed by atoms with van der Waals surface area (Å²) in [5.41, 5.74) is 0.926. The van der Waals surface area contributed by atoms with Crippen LogP contribution in [0.25, 0.3) is 0 Å². The smallest absolute Gasteiger partial charge is 0.235 e. The van der Waals surface area contributed by atoms with Crippen molar-refractivity contribution in [2.75, 3.05) is 5.75 Å². The zero-order valence-corrected chi connectivity index (χ0v) is 15.0. The third-order valence-electron chi connectivity index (χ3n) is 3.75. The van der Waals surface area contributed by atoms with Gasteiger partial charge in [-0.25, -0.2) is 8.42 Å². The molecule has 1 amide bonds. The van der Waals surface area contributed by atoms with E-state index < -0.39 is 26.2 Å². The van der Waals surface area contributed by atoms with Gasteiger partial charge in [0, 0.05) is 22.0 Å². The van der Waals surface area contributed by atoms with E-state index in [0.717, 1.165) is 12.0 Å². The lowest BCUT2D eigenvalue weighted by atomic mass is 10.1. The molecule has 1 aromatic rings. The van der Waals surface area contributed by atoms with Gasteiger partial charge in [0.05, 0.1) is 4.75 Å². The number of nitrogens with one attached hydrogen (secondary N) is 1. The second kappa shape index (κ2) is 6.02. The maximum Gasteiger partial charge on any atom is 0.235 e. The number of rotatable bonds is 4. The Morgan fingerprint density at radius 2 is 1.95 bits per heavy atom. The molecule has 7 heteroatoms. The summed E-state index contributed by atoms with van der Waals surface area (Å²) < 4.78 is 23.1. The van der Waals surface area contributed by atoms with Crippen LogP contribution in [0.1, 0.15) is 38.7 Å². The Bertz CT molecular complexity index is 695. The SMILES string of the molecule is CC(C)(C)S(=O)(=O)CC(=O)N[C@@H]1C[C@H]1c1ccc(Cl)cc1Cl. The number of carbonyl (C=O) groups is 1. The van der Waals surface area contributed by atoms with E-state index in [2.05, 4.69) is 5.32 Å². The predicted molar refractivity (Wildman–Crippen MR) is 89.3 cm³/mol. The fraction of sp³-hybridized carbons (Fsp3) is 0.533. The number of hydrogen-bond donors (Lipinski definition) is 1. The number of halogens is 2. The van der Waals surface area contributed by atoms with Crippen LogP contribution in [0.2, 0.25) is 10.0 Å². The molecule has 0 unspecified atom stereocenters. The van der Waals surface area contributed by atoms with Crippen molar-refractivity contribution in [3.63, 3.8) is 0 Å². The van der Waals surface area contributed by atoms with Gasteiger partial charge in [-0.05, 0) is 44.9 Å². The average Bonchev–Trinajstić information content (AvgIpc) is 3.05. The summed E-state index contributed by atoms with van der Waals surface area (Å²) in [5, 5.41) is 3.89. The maximum absolute atomic E-state index is 12.0. The summed E-state index contributed by atoms with van der Waals surface area (Å²) in [6.45, 7) is 4.76. The van der Waals surface area contributed by atoms with Crippen LogP contribution in [0, 0.1) is 0 Å². The van der Waals surface area contributed by atoms with Crippen LogP contribution in [-0.4, -0.2) is 30.9 Å². The van der Waals surface area contributed by atoms with E-state index in [4.69, 9.17) is 23.2 Å². The van der Waals surface area contributed by atoms with Crippen LogP contribution in [0.15, 0.2) is 18.2 Å². The van der Waals surface area contributed by atoms with Gasteiger partial charge in [0.1, 0.15) is 5.75 Å². The molecule has 0 saturated heterocycles. The Balaban J connectivity index is 1.96. The molecular formula is C15H19Cl2NO3S. The van der Waals surface area contributed by atoms with Gasteiger partial charge in [0.15, 0.2) is 9.84 Å². The van der Waals surface area contributed by atoms with Crippen molar-refractivity contribution < 1.29 is 13.2 Å². The van der Waals surface area contributed by atoms with Crippen LogP contribution in [-0.2, 0) is 14.6 Å². The average molecular weight is 364 g/mol. The molecule has 1 N–H and O–H groups in total. The third-order valence-corrected chi connectivity index (χ3v) is 6.82. The maximum atomic E-state index is 12.0. The highest BCUT2D eigenvalue weighted by Crippen LogP contribution is 2.44.